The van der Waals surface area contributed by atoms with Crippen LogP contribution >= 0.6 is 0 Å². The minimum atomic E-state index is -1.08. The van der Waals surface area contributed by atoms with Gasteiger partial charge in [0, 0.05) is 6.08 Å². The third kappa shape index (κ3) is 15.8. The molecule has 0 spiro atoms. The Bertz CT molecular complexity index is 1170. The topological polar surface area (TPSA) is 93.1 Å². The Morgan fingerprint density at radius 3 is 1.68 bits per heavy atom. The van der Waals surface area contributed by atoms with E-state index in [0.29, 0.717) is 35.8 Å². The van der Waals surface area contributed by atoms with Gasteiger partial charge in [-0.25, -0.2) is 9.59 Å². The average Bonchev–Trinajstić information content (AvgIpc) is 3.02. The van der Waals surface area contributed by atoms with E-state index in [9.17, 15) is 19.8 Å². The SMILES string of the molecule is CCCCCCCCCCOc1ccc(/C=C(/C=C/C(=O)O)c2cccc(C(=O)O)c2)cc1OCCCCCCCCCC. The van der Waals surface area contributed by atoms with Gasteiger partial charge in [0.2, 0.25) is 0 Å². The highest BCUT2D eigenvalue weighted by Crippen LogP contribution is 2.31. The number of unbranched alkanes of at least 4 members (excludes halogenated alkanes) is 14. The summed E-state index contributed by atoms with van der Waals surface area (Å²) in [7, 11) is 0. The summed E-state index contributed by atoms with van der Waals surface area (Å²) < 4.78 is 12.4. The van der Waals surface area contributed by atoms with Gasteiger partial charge < -0.3 is 19.7 Å². The molecule has 0 saturated heterocycles. The second-order valence-corrected chi connectivity index (χ2v) is 11.5. The van der Waals surface area contributed by atoms with E-state index in [4.69, 9.17) is 9.47 Å². The lowest BCUT2D eigenvalue weighted by atomic mass is 10.00. The fourth-order valence-corrected chi connectivity index (χ4v) is 5.08. The highest BCUT2D eigenvalue weighted by molar-refractivity contribution is 5.94. The predicted molar refractivity (Wildman–Crippen MR) is 181 cm³/mol. The molecule has 6 heteroatoms. The van der Waals surface area contributed by atoms with E-state index in [-0.39, 0.29) is 5.56 Å². The summed E-state index contributed by atoms with van der Waals surface area (Å²) in [5, 5.41) is 18.7. The van der Waals surface area contributed by atoms with Crippen molar-refractivity contribution in [2.75, 3.05) is 13.2 Å². The maximum Gasteiger partial charge on any atom is 0.335 e. The van der Waals surface area contributed by atoms with Gasteiger partial charge >= 0.3 is 11.9 Å². The first-order valence-corrected chi connectivity index (χ1v) is 16.8. The molecule has 44 heavy (non-hydrogen) atoms. The van der Waals surface area contributed by atoms with Gasteiger partial charge in [-0.2, -0.15) is 0 Å². The molecule has 0 bridgehead atoms. The first kappa shape index (κ1) is 36.7. The second-order valence-electron chi connectivity index (χ2n) is 11.5. The summed E-state index contributed by atoms with van der Waals surface area (Å²) in [5.41, 5.74) is 2.13. The molecule has 0 saturated carbocycles. The number of allylic oxidation sites excluding steroid dienone is 2. The van der Waals surface area contributed by atoms with Crippen molar-refractivity contribution >= 4 is 23.6 Å². The maximum atomic E-state index is 11.5. The average molecular weight is 607 g/mol. The molecule has 0 aliphatic carbocycles. The molecule has 0 aliphatic heterocycles. The standard InChI is InChI=1S/C38H54O6/c1-3-5-7-9-11-13-15-17-26-43-35-24-22-31(29-36(35)44-27-18-16-14-12-10-8-6-4-2)28-33(23-25-37(39)40)32-20-19-21-34(30-32)38(41)42/h19-25,28-30H,3-18,26-27H2,1-2H3,(H,39,40)(H,41,42)/b25-23+,33-28-. The number of carbonyl (C=O) groups is 2. The van der Waals surface area contributed by atoms with Crippen LogP contribution in [0.4, 0.5) is 0 Å². The van der Waals surface area contributed by atoms with Crippen LogP contribution in [-0.4, -0.2) is 35.4 Å². The van der Waals surface area contributed by atoms with Crippen molar-refractivity contribution in [3.63, 3.8) is 0 Å². The first-order valence-electron chi connectivity index (χ1n) is 16.8. The highest BCUT2D eigenvalue weighted by Gasteiger charge is 2.10. The Morgan fingerprint density at radius 2 is 1.14 bits per heavy atom. The predicted octanol–water partition coefficient (Wildman–Crippen LogP) is 10.6. The normalized spacial score (nSPS) is 11.6. The quantitative estimate of drug-likeness (QED) is 0.0505. The van der Waals surface area contributed by atoms with Crippen LogP contribution in [0, 0.1) is 0 Å². The minimum Gasteiger partial charge on any atom is -0.490 e. The van der Waals surface area contributed by atoms with Crippen molar-refractivity contribution in [1.82, 2.24) is 0 Å². The molecule has 0 amide bonds. The third-order valence-electron chi connectivity index (χ3n) is 7.65. The number of aliphatic carboxylic acids is 1. The van der Waals surface area contributed by atoms with E-state index in [1.807, 2.05) is 24.3 Å². The Kier molecular flexibility index (Phi) is 19.1. The lowest BCUT2D eigenvalue weighted by Crippen LogP contribution is -2.03. The molecule has 2 aromatic carbocycles. The molecule has 0 aliphatic rings. The van der Waals surface area contributed by atoms with Gasteiger partial charge in [-0.15, -0.1) is 0 Å². The smallest absolute Gasteiger partial charge is 0.335 e. The molecule has 0 aromatic heterocycles. The van der Waals surface area contributed by atoms with Crippen LogP contribution in [0.1, 0.15) is 138 Å². The van der Waals surface area contributed by atoms with Crippen LogP contribution in [0.15, 0.2) is 54.6 Å². The summed E-state index contributed by atoms with van der Waals surface area (Å²) in [6.45, 7) is 5.71. The first-order chi connectivity index (χ1) is 21.4. The Hall–Kier alpha value is -3.54. The van der Waals surface area contributed by atoms with Crippen molar-refractivity contribution < 1.29 is 29.3 Å². The third-order valence-corrected chi connectivity index (χ3v) is 7.65. The van der Waals surface area contributed by atoms with Crippen LogP contribution in [-0.2, 0) is 4.79 Å². The van der Waals surface area contributed by atoms with Crippen LogP contribution in [0.3, 0.4) is 0 Å². The van der Waals surface area contributed by atoms with E-state index >= 15 is 0 Å². The summed E-state index contributed by atoms with van der Waals surface area (Å²) in [6.07, 6.45) is 24.0. The molecule has 0 radical (unpaired) electrons. The summed E-state index contributed by atoms with van der Waals surface area (Å²) >= 11 is 0. The molecular formula is C38H54O6. The Labute approximate surface area is 265 Å². The molecule has 6 nitrogen and oxygen atoms in total. The van der Waals surface area contributed by atoms with E-state index in [1.165, 1.54) is 89.2 Å². The summed E-state index contributed by atoms with van der Waals surface area (Å²) in [6, 6.07) is 12.2. The summed E-state index contributed by atoms with van der Waals surface area (Å²) in [5.74, 6) is -0.741. The number of carboxylic acid groups (broad SMARTS) is 2. The van der Waals surface area contributed by atoms with Crippen LogP contribution in [0.25, 0.3) is 11.6 Å². The maximum absolute atomic E-state index is 11.5. The van der Waals surface area contributed by atoms with Gasteiger partial charge in [0.15, 0.2) is 11.5 Å². The fourth-order valence-electron chi connectivity index (χ4n) is 5.08. The second kappa shape index (κ2) is 22.9. The number of hydrogen-bond acceptors (Lipinski definition) is 4. The van der Waals surface area contributed by atoms with Crippen molar-refractivity contribution in [3.8, 4) is 11.5 Å². The molecule has 0 fully saturated rings. The fraction of sp³-hybridized carbons (Fsp3) is 0.526. The number of rotatable bonds is 25. The van der Waals surface area contributed by atoms with Gasteiger partial charge in [-0.05, 0) is 66.0 Å². The van der Waals surface area contributed by atoms with E-state index in [2.05, 4.69) is 13.8 Å². The summed E-state index contributed by atoms with van der Waals surface area (Å²) in [4.78, 5) is 22.8. The zero-order valence-corrected chi connectivity index (χ0v) is 27.0. The number of aromatic carboxylic acids is 1. The van der Waals surface area contributed by atoms with Crippen molar-refractivity contribution in [3.05, 3.63) is 71.3 Å². The lowest BCUT2D eigenvalue weighted by Gasteiger charge is -2.14. The van der Waals surface area contributed by atoms with Gasteiger partial charge in [0.1, 0.15) is 0 Å². The molecular weight excluding hydrogens is 552 g/mol. The zero-order valence-electron chi connectivity index (χ0n) is 27.0. The zero-order chi connectivity index (χ0) is 31.8. The van der Waals surface area contributed by atoms with Crippen LogP contribution in [0.5, 0.6) is 11.5 Å². The van der Waals surface area contributed by atoms with E-state index in [0.717, 1.165) is 37.3 Å². The Balaban J connectivity index is 2.13. The number of benzene rings is 2. The van der Waals surface area contributed by atoms with Gasteiger partial charge in [-0.3, -0.25) is 0 Å². The van der Waals surface area contributed by atoms with E-state index < -0.39 is 11.9 Å². The molecule has 0 heterocycles. The monoisotopic (exact) mass is 606 g/mol. The molecule has 0 unspecified atom stereocenters. The van der Waals surface area contributed by atoms with Crippen LogP contribution in [0.2, 0.25) is 0 Å². The highest BCUT2D eigenvalue weighted by atomic mass is 16.5. The van der Waals surface area contributed by atoms with Crippen molar-refractivity contribution in [2.24, 2.45) is 0 Å². The molecule has 242 valence electrons. The number of hydrogen-bond donors (Lipinski definition) is 2. The van der Waals surface area contributed by atoms with Gasteiger partial charge in [-0.1, -0.05) is 122 Å². The number of ether oxygens (including phenoxy) is 2. The minimum absolute atomic E-state index is 0.135. The van der Waals surface area contributed by atoms with Gasteiger partial charge in [0.05, 0.1) is 18.8 Å². The molecule has 2 N–H and O–H groups in total. The molecule has 2 aromatic rings. The Morgan fingerprint density at radius 1 is 0.614 bits per heavy atom. The molecule has 2 rings (SSSR count). The lowest BCUT2D eigenvalue weighted by molar-refractivity contribution is -0.131. The van der Waals surface area contributed by atoms with E-state index in [1.54, 1.807) is 18.2 Å². The number of carboxylic acids is 2. The van der Waals surface area contributed by atoms with Crippen molar-refractivity contribution in [1.29, 1.82) is 0 Å². The largest absolute Gasteiger partial charge is 0.490 e. The molecule has 0 atom stereocenters. The van der Waals surface area contributed by atoms with Gasteiger partial charge in [0.25, 0.3) is 0 Å². The van der Waals surface area contributed by atoms with Crippen molar-refractivity contribution in [2.45, 2.75) is 117 Å². The van der Waals surface area contributed by atoms with Crippen LogP contribution < -0.4 is 9.47 Å².